The Morgan fingerprint density at radius 1 is 1.12 bits per heavy atom. The Labute approximate surface area is 158 Å². The standard InChI is InChI=1S/C19H35BN2O4/c1-16(2,3)24-15(23)22-10-8-19(9-11-22)13-21-12-14(19)20-25-17(4,5)18(6,7)26-20/h14,21H,8-13H2,1-7H3. The third kappa shape index (κ3) is 3.63. The molecule has 3 heterocycles. The molecule has 3 aliphatic rings. The highest BCUT2D eigenvalue weighted by atomic mass is 16.7. The van der Waals surface area contributed by atoms with Crippen molar-refractivity contribution >= 4 is 13.2 Å². The number of carbonyl (C=O) groups excluding carboxylic acids is 1. The summed E-state index contributed by atoms with van der Waals surface area (Å²) in [6.07, 6.45) is 1.70. The van der Waals surface area contributed by atoms with Gasteiger partial charge in [-0.05, 0) is 73.3 Å². The van der Waals surface area contributed by atoms with Crippen molar-refractivity contribution in [1.29, 1.82) is 0 Å². The third-order valence-electron chi connectivity index (χ3n) is 6.64. The maximum absolute atomic E-state index is 12.4. The molecule has 1 spiro atoms. The van der Waals surface area contributed by atoms with E-state index in [0.29, 0.717) is 5.82 Å². The first-order chi connectivity index (χ1) is 11.9. The van der Waals surface area contributed by atoms with Crippen molar-refractivity contribution in [1.82, 2.24) is 10.2 Å². The van der Waals surface area contributed by atoms with E-state index >= 15 is 0 Å². The number of piperidine rings is 1. The average molecular weight is 366 g/mol. The van der Waals surface area contributed by atoms with E-state index in [1.807, 2.05) is 25.7 Å². The average Bonchev–Trinajstić information content (AvgIpc) is 2.96. The van der Waals surface area contributed by atoms with Crippen molar-refractivity contribution in [2.75, 3.05) is 26.2 Å². The summed E-state index contributed by atoms with van der Waals surface area (Å²) in [5.41, 5.74) is -0.941. The van der Waals surface area contributed by atoms with E-state index in [1.165, 1.54) is 0 Å². The lowest BCUT2D eigenvalue weighted by atomic mass is 9.55. The maximum atomic E-state index is 12.4. The number of likely N-dealkylation sites (tertiary alicyclic amines) is 1. The lowest BCUT2D eigenvalue weighted by Crippen LogP contribution is -2.49. The Morgan fingerprint density at radius 2 is 1.65 bits per heavy atom. The van der Waals surface area contributed by atoms with E-state index in [1.54, 1.807) is 0 Å². The quantitative estimate of drug-likeness (QED) is 0.723. The summed E-state index contributed by atoms with van der Waals surface area (Å²) >= 11 is 0. The summed E-state index contributed by atoms with van der Waals surface area (Å²) in [6, 6.07) is 0. The van der Waals surface area contributed by atoms with Crippen LogP contribution in [-0.4, -0.2) is 61.1 Å². The summed E-state index contributed by atoms with van der Waals surface area (Å²) < 4.78 is 18.2. The second kappa shape index (κ2) is 6.38. The van der Waals surface area contributed by atoms with Crippen LogP contribution in [0.5, 0.6) is 0 Å². The fraction of sp³-hybridized carbons (Fsp3) is 0.947. The lowest BCUT2D eigenvalue weighted by Gasteiger charge is -2.43. The van der Waals surface area contributed by atoms with Gasteiger partial charge in [0.1, 0.15) is 5.60 Å². The van der Waals surface area contributed by atoms with Gasteiger partial charge >= 0.3 is 13.2 Å². The third-order valence-corrected chi connectivity index (χ3v) is 6.64. The predicted molar refractivity (Wildman–Crippen MR) is 102 cm³/mol. The van der Waals surface area contributed by atoms with Gasteiger partial charge in [0.25, 0.3) is 0 Å². The molecule has 3 fully saturated rings. The highest BCUT2D eigenvalue weighted by Gasteiger charge is 2.60. The van der Waals surface area contributed by atoms with Gasteiger partial charge in [0, 0.05) is 25.5 Å². The number of nitrogens with zero attached hydrogens (tertiary/aromatic N) is 1. The fourth-order valence-corrected chi connectivity index (χ4v) is 4.27. The zero-order chi connectivity index (χ0) is 19.4. The molecule has 1 unspecified atom stereocenters. The molecular formula is C19H35BN2O4. The fourth-order valence-electron chi connectivity index (χ4n) is 4.27. The number of hydrogen-bond acceptors (Lipinski definition) is 5. The van der Waals surface area contributed by atoms with Crippen LogP contribution >= 0.6 is 0 Å². The van der Waals surface area contributed by atoms with Crippen LogP contribution < -0.4 is 5.32 Å². The SMILES string of the molecule is CC(C)(C)OC(=O)N1CCC2(CC1)CNCC2B1OC(C)(C)C(C)(C)O1. The number of carbonyl (C=O) groups is 1. The Kier molecular flexibility index (Phi) is 4.90. The molecule has 26 heavy (non-hydrogen) atoms. The summed E-state index contributed by atoms with van der Waals surface area (Å²) in [7, 11) is -0.192. The van der Waals surface area contributed by atoms with Gasteiger partial charge < -0.3 is 24.3 Å². The summed E-state index contributed by atoms with van der Waals surface area (Å²) in [6.45, 7) is 17.5. The number of nitrogens with one attached hydrogen (secondary N) is 1. The molecule has 3 rings (SSSR count). The van der Waals surface area contributed by atoms with Gasteiger partial charge in [0.05, 0.1) is 11.2 Å². The molecule has 1 atom stereocenters. The van der Waals surface area contributed by atoms with Gasteiger partial charge in [-0.3, -0.25) is 0 Å². The van der Waals surface area contributed by atoms with Crippen LogP contribution in [0.1, 0.15) is 61.3 Å². The highest BCUT2D eigenvalue weighted by molar-refractivity contribution is 6.48. The molecule has 0 aromatic rings. The van der Waals surface area contributed by atoms with E-state index < -0.39 is 5.60 Å². The molecule has 7 heteroatoms. The van der Waals surface area contributed by atoms with Crippen molar-refractivity contribution in [3.05, 3.63) is 0 Å². The largest absolute Gasteiger partial charge is 0.463 e. The molecule has 0 bridgehead atoms. The van der Waals surface area contributed by atoms with Crippen LogP contribution in [0.15, 0.2) is 0 Å². The van der Waals surface area contributed by atoms with Gasteiger partial charge in [-0.2, -0.15) is 0 Å². The zero-order valence-electron chi connectivity index (χ0n) is 17.5. The number of amides is 1. The van der Waals surface area contributed by atoms with E-state index in [-0.39, 0.29) is 29.8 Å². The Bertz CT molecular complexity index is 534. The van der Waals surface area contributed by atoms with Crippen molar-refractivity contribution in [2.45, 2.75) is 83.9 Å². The highest BCUT2D eigenvalue weighted by Crippen LogP contribution is 2.51. The van der Waals surface area contributed by atoms with Crippen LogP contribution in [0.3, 0.4) is 0 Å². The van der Waals surface area contributed by atoms with E-state index in [0.717, 1.165) is 39.0 Å². The first kappa shape index (κ1) is 20.0. The molecular weight excluding hydrogens is 331 g/mol. The molecule has 1 amide bonds. The van der Waals surface area contributed by atoms with Crippen molar-refractivity contribution in [2.24, 2.45) is 5.41 Å². The zero-order valence-corrected chi connectivity index (χ0v) is 17.5. The second-order valence-corrected chi connectivity index (χ2v) is 10.2. The topological polar surface area (TPSA) is 60.0 Å². The van der Waals surface area contributed by atoms with Crippen molar-refractivity contribution in [3.63, 3.8) is 0 Å². The van der Waals surface area contributed by atoms with Gasteiger partial charge in [-0.15, -0.1) is 0 Å². The van der Waals surface area contributed by atoms with Crippen LogP contribution in [0.25, 0.3) is 0 Å². The monoisotopic (exact) mass is 366 g/mol. The first-order valence-electron chi connectivity index (χ1n) is 9.90. The van der Waals surface area contributed by atoms with Crippen LogP contribution in [0.4, 0.5) is 4.79 Å². The summed E-state index contributed by atoms with van der Waals surface area (Å²) in [5, 5.41) is 3.55. The smallest absolute Gasteiger partial charge is 0.444 e. The molecule has 1 N–H and O–H groups in total. The minimum atomic E-state index is -0.452. The Hall–Kier alpha value is -0.785. The predicted octanol–water partition coefficient (Wildman–Crippen LogP) is 3.07. The van der Waals surface area contributed by atoms with Gasteiger partial charge in [0.2, 0.25) is 0 Å². The van der Waals surface area contributed by atoms with Crippen LogP contribution in [0, 0.1) is 5.41 Å². The normalized spacial score (nSPS) is 30.0. The van der Waals surface area contributed by atoms with E-state index in [4.69, 9.17) is 14.0 Å². The summed E-state index contributed by atoms with van der Waals surface area (Å²) in [5.74, 6) is 0.310. The molecule has 6 nitrogen and oxygen atoms in total. The minimum Gasteiger partial charge on any atom is -0.444 e. The van der Waals surface area contributed by atoms with Crippen molar-refractivity contribution < 1.29 is 18.8 Å². The number of ether oxygens (including phenoxy) is 1. The van der Waals surface area contributed by atoms with E-state index in [9.17, 15) is 4.79 Å². The van der Waals surface area contributed by atoms with E-state index in [2.05, 4.69) is 33.0 Å². The molecule has 0 aromatic carbocycles. The molecule has 0 radical (unpaired) electrons. The maximum Gasteiger partial charge on any atom is 0.463 e. The molecule has 148 valence electrons. The molecule has 0 aliphatic carbocycles. The van der Waals surface area contributed by atoms with Gasteiger partial charge in [0.15, 0.2) is 0 Å². The lowest BCUT2D eigenvalue weighted by molar-refractivity contribution is 0.00578. The van der Waals surface area contributed by atoms with Crippen LogP contribution in [-0.2, 0) is 14.0 Å². The number of hydrogen-bond donors (Lipinski definition) is 1. The minimum absolute atomic E-state index is 0.125. The first-order valence-corrected chi connectivity index (χ1v) is 9.90. The Balaban J connectivity index is 1.65. The van der Waals surface area contributed by atoms with Gasteiger partial charge in [-0.1, -0.05) is 0 Å². The van der Waals surface area contributed by atoms with Crippen LogP contribution in [0.2, 0.25) is 5.82 Å². The molecule has 0 saturated carbocycles. The molecule has 3 aliphatic heterocycles. The van der Waals surface area contributed by atoms with Gasteiger partial charge in [-0.25, -0.2) is 4.79 Å². The number of rotatable bonds is 1. The van der Waals surface area contributed by atoms with Crippen molar-refractivity contribution in [3.8, 4) is 0 Å². The second-order valence-electron chi connectivity index (χ2n) is 10.2. The Morgan fingerprint density at radius 3 is 2.15 bits per heavy atom. The molecule has 3 saturated heterocycles. The molecule has 0 aromatic heterocycles. The summed E-state index contributed by atoms with van der Waals surface area (Å²) in [4.78, 5) is 14.2.